The van der Waals surface area contributed by atoms with Crippen LogP contribution in [0.3, 0.4) is 0 Å². The molecular weight excluding hydrogens is 326 g/mol. The number of fused-ring (bicyclic) bond motifs is 1. The molecule has 26 heavy (non-hydrogen) atoms. The van der Waals surface area contributed by atoms with Crippen molar-refractivity contribution in [3.05, 3.63) is 54.4 Å². The molecule has 6 nitrogen and oxygen atoms in total. The third-order valence-corrected chi connectivity index (χ3v) is 5.04. The quantitative estimate of drug-likeness (QED) is 0.714. The van der Waals surface area contributed by atoms with Crippen LogP contribution in [0.4, 0.5) is 5.95 Å². The molecular formula is C20H25N5O. The van der Waals surface area contributed by atoms with E-state index in [4.69, 9.17) is 10.1 Å². The number of imidazole rings is 1. The van der Waals surface area contributed by atoms with Gasteiger partial charge in [0.25, 0.3) is 0 Å². The van der Waals surface area contributed by atoms with E-state index in [1.807, 2.05) is 30.5 Å². The minimum absolute atomic E-state index is 0.234. The van der Waals surface area contributed by atoms with Crippen molar-refractivity contribution in [2.45, 2.75) is 25.4 Å². The monoisotopic (exact) mass is 351 g/mol. The average molecular weight is 351 g/mol. The smallest absolute Gasteiger partial charge is 0.204 e. The Balaban J connectivity index is 1.56. The van der Waals surface area contributed by atoms with Gasteiger partial charge in [-0.1, -0.05) is 18.2 Å². The average Bonchev–Trinajstić information content (AvgIpc) is 3.02. The molecule has 6 heteroatoms. The summed E-state index contributed by atoms with van der Waals surface area (Å²) in [6, 6.07) is 14.7. The van der Waals surface area contributed by atoms with Crippen LogP contribution in [0.2, 0.25) is 0 Å². The molecule has 1 saturated heterocycles. The van der Waals surface area contributed by atoms with Crippen molar-refractivity contribution in [2.75, 3.05) is 31.6 Å². The highest BCUT2D eigenvalue weighted by Gasteiger charge is 2.21. The van der Waals surface area contributed by atoms with Crippen LogP contribution in [-0.4, -0.2) is 56.8 Å². The van der Waals surface area contributed by atoms with Gasteiger partial charge < -0.3 is 19.9 Å². The molecule has 2 aromatic heterocycles. The number of nitrogens with one attached hydrogen (secondary N) is 1. The number of para-hydroxylation sites is 2. The van der Waals surface area contributed by atoms with Gasteiger partial charge in [0, 0.05) is 31.9 Å². The maximum Gasteiger partial charge on any atom is 0.204 e. The first kappa shape index (κ1) is 17.0. The first-order chi connectivity index (χ1) is 12.8. The second-order valence-electron chi connectivity index (χ2n) is 6.82. The Kier molecular flexibility index (Phi) is 5.13. The van der Waals surface area contributed by atoms with Gasteiger partial charge in [0.05, 0.1) is 29.9 Å². The number of rotatable bonds is 6. The van der Waals surface area contributed by atoms with Gasteiger partial charge in [-0.3, -0.25) is 4.98 Å². The molecule has 0 atom stereocenters. The van der Waals surface area contributed by atoms with Crippen molar-refractivity contribution in [3.8, 4) is 0 Å². The highest BCUT2D eigenvalue weighted by molar-refractivity contribution is 5.78. The van der Waals surface area contributed by atoms with E-state index in [1.54, 1.807) is 0 Å². The molecule has 0 amide bonds. The van der Waals surface area contributed by atoms with E-state index < -0.39 is 0 Å². The minimum Gasteiger partial charge on any atom is -0.395 e. The van der Waals surface area contributed by atoms with E-state index in [-0.39, 0.29) is 6.61 Å². The summed E-state index contributed by atoms with van der Waals surface area (Å²) in [5, 5.41) is 12.8. The highest BCUT2D eigenvalue weighted by Crippen LogP contribution is 2.23. The lowest BCUT2D eigenvalue weighted by molar-refractivity contribution is 0.168. The lowest BCUT2D eigenvalue weighted by Gasteiger charge is -2.32. The summed E-state index contributed by atoms with van der Waals surface area (Å²) in [4.78, 5) is 11.6. The van der Waals surface area contributed by atoms with Crippen LogP contribution in [0.25, 0.3) is 11.0 Å². The first-order valence-corrected chi connectivity index (χ1v) is 9.28. The highest BCUT2D eigenvalue weighted by atomic mass is 16.3. The van der Waals surface area contributed by atoms with Crippen molar-refractivity contribution in [1.29, 1.82) is 0 Å². The van der Waals surface area contributed by atoms with Gasteiger partial charge in [-0.25, -0.2) is 4.98 Å². The fourth-order valence-electron chi connectivity index (χ4n) is 3.62. The van der Waals surface area contributed by atoms with Crippen molar-refractivity contribution in [2.24, 2.45) is 0 Å². The van der Waals surface area contributed by atoms with Crippen LogP contribution in [0.1, 0.15) is 18.5 Å². The number of hydrogen-bond acceptors (Lipinski definition) is 5. The molecule has 2 N–H and O–H groups in total. The number of hydrogen-bond donors (Lipinski definition) is 2. The Labute approximate surface area is 153 Å². The van der Waals surface area contributed by atoms with Gasteiger partial charge >= 0.3 is 0 Å². The largest absolute Gasteiger partial charge is 0.395 e. The van der Waals surface area contributed by atoms with E-state index in [1.165, 1.54) is 0 Å². The van der Waals surface area contributed by atoms with Crippen LogP contribution < -0.4 is 5.32 Å². The summed E-state index contributed by atoms with van der Waals surface area (Å²) in [6.07, 6.45) is 3.96. The maximum atomic E-state index is 9.10. The Bertz CT molecular complexity index is 840. The summed E-state index contributed by atoms with van der Waals surface area (Å²) in [6.45, 7) is 3.73. The summed E-state index contributed by atoms with van der Waals surface area (Å²) in [7, 11) is 0. The van der Waals surface area contributed by atoms with Crippen molar-refractivity contribution >= 4 is 17.0 Å². The summed E-state index contributed by atoms with van der Waals surface area (Å²) in [5.74, 6) is 0.914. The predicted octanol–water partition coefficient (Wildman–Crippen LogP) is 2.35. The number of aliphatic hydroxyl groups is 1. The standard InChI is InChI=1S/C20H25N5O/c26-14-13-24-11-8-16(9-12-24)22-20-23-18-6-1-2-7-19(18)25(20)15-17-5-3-4-10-21-17/h1-7,10,16,26H,8-9,11-15H2,(H,22,23). The van der Waals surface area contributed by atoms with Gasteiger partial charge in [0.2, 0.25) is 5.95 Å². The molecule has 4 rings (SSSR count). The molecule has 0 unspecified atom stereocenters. The Hall–Kier alpha value is -2.44. The zero-order valence-electron chi connectivity index (χ0n) is 14.9. The lowest BCUT2D eigenvalue weighted by atomic mass is 10.1. The Morgan fingerprint density at radius 1 is 1.08 bits per heavy atom. The third kappa shape index (κ3) is 3.71. The zero-order chi connectivity index (χ0) is 17.8. The van der Waals surface area contributed by atoms with Crippen molar-refractivity contribution < 1.29 is 5.11 Å². The predicted molar refractivity (Wildman–Crippen MR) is 103 cm³/mol. The number of likely N-dealkylation sites (tertiary alicyclic amines) is 1. The number of nitrogens with zero attached hydrogens (tertiary/aromatic N) is 4. The van der Waals surface area contributed by atoms with Gasteiger partial charge in [0.15, 0.2) is 0 Å². The summed E-state index contributed by atoms with van der Waals surface area (Å²) >= 11 is 0. The zero-order valence-corrected chi connectivity index (χ0v) is 14.9. The fourth-order valence-corrected chi connectivity index (χ4v) is 3.62. The molecule has 3 heterocycles. The molecule has 3 aromatic rings. The Morgan fingerprint density at radius 2 is 1.88 bits per heavy atom. The maximum absolute atomic E-state index is 9.10. The van der Waals surface area contributed by atoms with E-state index in [2.05, 4.69) is 38.0 Å². The Morgan fingerprint density at radius 3 is 2.65 bits per heavy atom. The SMILES string of the molecule is OCCN1CCC(Nc2nc3ccccc3n2Cc2ccccn2)CC1. The number of β-amino-alcohol motifs (C(OH)–C–C–N with tert-alkyl or cyclic N) is 1. The molecule has 1 aliphatic heterocycles. The molecule has 1 fully saturated rings. The number of aliphatic hydroxyl groups excluding tert-OH is 1. The van der Waals surface area contributed by atoms with Crippen LogP contribution in [0.5, 0.6) is 0 Å². The van der Waals surface area contributed by atoms with Crippen LogP contribution in [0.15, 0.2) is 48.7 Å². The minimum atomic E-state index is 0.234. The molecule has 0 saturated carbocycles. The van der Waals surface area contributed by atoms with Crippen LogP contribution >= 0.6 is 0 Å². The molecule has 0 bridgehead atoms. The molecule has 1 aromatic carbocycles. The van der Waals surface area contributed by atoms with E-state index in [0.717, 1.165) is 55.2 Å². The number of piperidine rings is 1. The number of benzene rings is 1. The topological polar surface area (TPSA) is 66.2 Å². The molecule has 1 aliphatic rings. The van der Waals surface area contributed by atoms with E-state index >= 15 is 0 Å². The number of pyridine rings is 1. The van der Waals surface area contributed by atoms with Crippen LogP contribution in [0, 0.1) is 0 Å². The molecule has 0 aliphatic carbocycles. The summed E-state index contributed by atoms with van der Waals surface area (Å²) < 4.78 is 2.22. The van der Waals surface area contributed by atoms with Gasteiger partial charge in [-0.15, -0.1) is 0 Å². The third-order valence-electron chi connectivity index (χ3n) is 5.04. The van der Waals surface area contributed by atoms with Crippen LogP contribution in [-0.2, 0) is 6.54 Å². The number of anilines is 1. The summed E-state index contributed by atoms with van der Waals surface area (Å²) in [5.41, 5.74) is 3.15. The van der Waals surface area contributed by atoms with E-state index in [0.29, 0.717) is 12.6 Å². The fraction of sp³-hybridized carbons (Fsp3) is 0.400. The molecule has 0 spiro atoms. The second-order valence-corrected chi connectivity index (χ2v) is 6.82. The van der Waals surface area contributed by atoms with Gasteiger partial charge in [-0.05, 0) is 37.1 Å². The van der Waals surface area contributed by atoms with Gasteiger partial charge in [-0.2, -0.15) is 0 Å². The number of aromatic nitrogens is 3. The lowest BCUT2D eigenvalue weighted by Crippen LogP contribution is -2.40. The van der Waals surface area contributed by atoms with Crippen molar-refractivity contribution in [1.82, 2.24) is 19.4 Å². The first-order valence-electron chi connectivity index (χ1n) is 9.28. The van der Waals surface area contributed by atoms with Gasteiger partial charge in [0.1, 0.15) is 0 Å². The van der Waals surface area contributed by atoms with E-state index in [9.17, 15) is 0 Å². The molecule has 0 radical (unpaired) electrons. The van der Waals surface area contributed by atoms with Crippen molar-refractivity contribution in [3.63, 3.8) is 0 Å². The second kappa shape index (κ2) is 7.85. The molecule has 136 valence electrons. The normalized spacial score (nSPS) is 16.2.